The van der Waals surface area contributed by atoms with Crippen molar-refractivity contribution in [3.05, 3.63) is 48.0 Å². The molecule has 3 heterocycles. The number of rotatable bonds is 5. The number of aryl methyl sites for hydroxylation is 1. The second-order valence-electron chi connectivity index (χ2n) is 6.68. The molecule has 0 amide bonds. The first-order valence-corrected chi connectivity index (χ1v) is 8.63. The van der Waals surface area contributed by atoms with Gasteiger partial charge in [0.25, 0.3) is 0 Å². The summed E-state index contributed by atoms with van der Waals surface area (Å²) in [6.07, 6.45) is 10.2. The van der Waals surface area contributed by atoms with Gasteiger partial charge < -0.3 is 9.47 Å². The zero-order valence-electron chi connectivity index (χ0n) is 14.0. The van der Waals surface area contributed by atoms with Crippen LogP contribution in [-0.2, 0) is 29.7 Å². The van der Waals surface area contributed by atoms with Crippen LogP contribution in [0.5, 0.6) is 0 Å². The molecular formula is C18H24N4O2. The predicted molar refractivity (Wildman–Crippen MR) is 89.2 cm³/mol. The molecule has 3 atom stereocenters. The smallest absolute Gasteiger partial charge is 0.0995 e. The summed E-state index contributed by atoms with van der Waals surface area (Å²) in [5.74, 6) is 0. The minimum atomic E-state index is 0.136. The summed E-state index contributed by atoms with van der Waals surface area (Å²) in [6, 6.07) is 4.43. The van der Waals surface area contributed by atoms with Crippen LogP contribution in [0.1, 0.15) is 24.0 Å². The van der Waals surface area contributed by atoms with E-state index in [1.54, 1.807) is 0 Å². The van der Waals surface area contributed by atoms with Crippen molar-refractivity contribution in [3.8, 4) is 0 Å². The van der Waals surface area contributed by atoms with Crippen molar-refractivity contribution in [2.75, 3.05) is 13.2 Å². The van der Waals surface area contributed by atoms with E-state index in [4.69, 9.17) is 9.47 Å². The fourth-order valence-electron chi connectivity index (χ4n) is 3.84. The summed E-state index contributed by atoms with van der Waals surface area (Å²) in [5, 5.41) is 4.28. The van der Waals surface area contributed by atoms with E-state index >= 15 is 0 Å². The number of fused-ring (bicyclic) bond motifs is 2. The topological polar surface area (TPSA) is 52.4 Å². The second-order valence-corrected chi connectivity index (χ2v) is 6.68. The lowest BCUT2D eigenvalue weighted by atomic mass is 10.1. The fourth-order valence-corrected chi connectivity index (χ4v) is 3.84. The van der Waals surface area contributed by atoms with Gasteiger partial charge >= 0.3 is 0 Å². The Hall–Kier alpha value is -1.76. The van der Waals surface area contributed by atoms with E-state index in [0.29, 0.717) is 12.6 Å². The minimum Gasteiger partial charge on any atom is -0.374 e. The largest absolute Gasteiger partial charge is 0.374 e. The lowest BCUT2D eigenvalue weighted by Crippen LogP contribution is -2.42. The van der Waals surface area contributed by atoms with E-state index in [0.717, 1.165) is 38.1 Å². The third-order valence-electron chi connectivity index (χ3n) is 5.01. The van der Waals surface area contributed by atoms with Crippen LogP contribution < -0.4 is 0 Å². The van der Waals surface area contributed by atoms with Crippen molar-refractivity contribution < 1.29 is 9.47 Å². The van der Waals surface area contributed by atoms with Crippen LogP contribution >= 0.6 is 0 Å². The number of ether oxygens (including phenoxy) is 2. The third-order valence-corrected chi connectivity index (χ3v) is 5.01. The molecule has 2 aromatic rings. The summed E-state index contributed by atoms with van der Waals surface area (Å²) in [6.45, 7) is 3.25. The molecule has 6 heteroatoms. The zero-order valence-corrected chi connectivity index (χ0v) is 14.0. The Morgan fingerprint density at radius 1 is 1.25 bits per heavy atom. The SMILES string of the molecule is Cn1cc(CN2CCOC3CCC2C3OCc2ccncc2)cn1. The van der Waals surface area contributed by atoms with Gasteiger partial charge in [0.1, 0.15) is 0 Å². The monoisotopic (exact) mass is 328 g/mol. The Morgan fingerprint density at radius 2 is 2.12 bits per heavy atom. The Morgan fingerprint density at radius 3 is 2.92 bits per heavy atom. The first-order chi connectivity index (χ1) is 11.8. The van der Waals surface area contributed by atoms with Crippen molar-refractivity contribution in [1.82, 2.24) is 19.7 Å². The molecule has 2 aromatic heterocycles. The number of nitrogens with zero attached hydrogens (tertiary/aromatic N) is 4. The highest BCUT2D eigenvalue weighted by Gasteiger charge is 2.43. The number of hydrogen-bond acceptors (Lipinski definition) is 5. The van der Waals surface area contributed by atoms with Crippen molar-refractivity contribution in [1.29, 1.82) is 0 Å². The van der Waals surface area contributed by atoms with Crippen molar-refractivity contribution in [2.24, 2.45) is 7.05 Å². The molecule has 24 heavy (non-hydrogen) atoms. The van der Waals surface area contributed by atoms with E-state index < -0.39 is 0 Å². The molecule has 1 aliphatic carbocycles. The van der Waals surface area contributed by atoms with Gasteiger partial charge in [-0.3, -0.25) is 14.6 Å². The normalized spacial score (nSPS) is 27.3. The molecule has 2 aliphatic rings. The molecule has 1 aliphatic heterocycles. The lowest BCUT2D eigenvalue weighted by Gasteiger charge is -2.30. The van der Waals surface area contributed by atoms with Gasteiger partial charge in [-0.05, 0) is 30.5 Å². The van der Waals surface area contributed by atoms with Crippen molar-refractivity contribution >= 4 is 0 Å². The minimum absolute atomic E-state index is 0.136. The van der Waals surface area contributed by atoms with E-state index in [1.807, 2.05) is 42.5 Å². The molecule has 1 saturated heterocycles. The molecule has 1 saturated carbocycles. The van der Waals surface area contributed by atoms with E-state index in [2.05, 4.69) is 21.2 Å². The fraction of sp³-hybridized carbons (Fsp3) is 0.556. The van der Waals surface area contributed by atoms with Gasteiger partial charge in [-0.25, -0.2) is 0 Å². The molecule has 6 nitrogen and oxygen atoms in total. The number of aromatic nitrogens is 3. The van der Waals surface area contributed by atoms with Gasteiger partial charge in [0.15, 0.2) is 0 Å². The van der Waals surface area contributed by atoms with Gasteiger partial charge in [0.05, 0.1) is 31.6 Å². The van der Waals surface area contributed by atoms with E-state index in [1.165, 1.54) is 5.56 Å². The average molecular weight is 328 g/mol. The standard InChI is InChI=1S/C18H24N4O2/c1-21-11-15(10-20-21)12-22-8-9-23-17-3-2-16(22)18(17)24-13-14-4-6-19-7-5-14/h4-7,10-11,16-18H,2-3,8-9,12-13H2,1H3. The van der Waals surface area contributed by atoms with Crippen molar-refractivity contribution in [2.45, 2.75) is 44.2 Å². The molecule has 0 radical (unpaired) electrons. The van der Waals surface area contributed by atoms with Gasteiger partial charge in [0.2, 0.25) is 0 Å². The average Bonchev–Trinajstić information content (AvgIpc) is 3.13. The first kappa shape index (κ1) is 15.7. The molecule has 0 aromatic carbocycles. The zero-order chi connectivity index (χ0) is 16.4. The summed E-state index contributed by atoms with van der Waals surface area (Å²) >= 11 is 0. The van der Waals surface area contributed by atoms with Crippen LogP contribution in [0, 0.1) is 0 Å². The lowest BCUT2D eigenvalue weighted by molar-refractivity contribution is -0.0614. The first-order valence-electron chi connectivity index (χ1n) is 8.63. The van der Waals surface area contributed by atoms with Gasteiger partial charge in [-0.15, -0.1) is 0 Å². The van der Waals surface area contributed by atoms with Crippen LogP contribution in [0.15, 0.2) is 36.9 Å². The Balaban J connectivity index is 1.45. The molecule has 0 N–H and O–H groups in total. The molecule has 2 bridgehead atoms. The van der Waals surface area contributed by atoms with Gasteiger partial charge in [-0.2, -0.15) is 5.10 Å². The Bertz CT molecular complexity index is 660. The summed E-state index contributed by atoms with van der Waals surface area (Å²) in [5.41, 5.74) is 2.41. The molecule has 128 valence electrons. The maximum absolute atomic E-state index is 6.29. The Kier molecular flexibility index (Phi) is 4.60. The van der Waals surface area contributed by atoms with Gasteiger partial charge in [-0.1, -0.05) is 0 Å². The van der Waals surface area contributed by atoms with Crippen molar-refractivity contribution in [3.63, 3.8) is 0 Å². The van der Waals surface area contributed by atoms with Crippen LogP contribution in [0.4, 0.5) is 0 Å². The van der Waals surface area contributed by atoms with Crippen LogP contribution in [0.25, 0.3) is 0 Å². The summed E-state index contributed by atoms with van der Waals surface area (Å²) in [7, 11) is 1.96. The van der Waals surface area contributed by atoms with Gasteiger partial charge in [0, 0.05) is 50.3 Å². The van der Waals surface area contributed by atoms with E-state index in [9.17, 15) is 0 Å². The summed E-state index contributed by atoms with van der Waals surface area (Å²) in [4.78, 5) is 6.56. The van der Waals surface area contributed by atoms with Crippen LogP contribution in [0.2, 0.25) is 0 Å². The highest BCUT2D eigenvalue weighted by molar-refractivity contribution is 5.09. The molecule has 0 spiro atoms. The molecule has 4 rings (SSSR count). The predicted octanol–water partition coefficient (Wildman–Crippen LogP) is 1.76. The van der Waals surface area contributed by atoms with Crippen LogP contribution in [-0.4, -0.2) is 51.1 Å². The second kappa shape index (κ2) is 7.01. The summed E-state index contributed by atoms with van der Waals surface area (Å²) < 4.78 is 14.2. The Labute approximate surface area is 142 Å². The molecule has 2 fully saturated rings. The maximum Gasteiger partial charge on any atom is 0.0995 e. The highest BCUT2D eigenvalue weighted by atomic mass is 16.5. The third kappa shape index (κ3) is 3.36. The number of pyridine rings is 1. The molecular weight excluding hydrogens is 304 g/mol. The van der Waals surface area contributed by atoms with Crippen LogP contribution in [0.3, 0.4) is 0 Å². The quantitative estimate of drug-likeness (QED) is 0.837. The highest BCUT2D eigenvalue weighted by Crippen LogP contribution is 2.33. The number of hydrogen-bond donors (Lipinski definition) is 0. The molecule has 3 unspecified atom stereocenters. The van der Waals surface area contributed by atoms with E-state index in [-0.39, 0.29) is 12.2 Å². The maximum atomic E-state index is 6.29.